The van der Waals surface area contributed by atoms with Crippen molar-refractivity contribution in [2.45, 2.75) is 43.5 Å². The Morgan fingerprint density at radius 2 is 2.00 bits per heavy atom. The Kier molecular flexibility index (Phi) is 3.04. The third-order valence-corrected chi connectivity index (χ3v) is 5.55. The van der Waals surface area contributed by atoms with Crippen LogP contribution in [0.5, 0.6) is 0 Å². The SMILES string of the molecule is CCC(C)S(=O)(=O)c1ccc2c(c1)CNC2. The van der Waals surface area contributed by atoms with E-state index >= 15 is 0 Å². The summed E-state index contributed by atoms with van der Waals surface area (Å²) in [5, 5.41) is 2.91. The molecule has 88 valence electrons. The Labute approximate surface area is 96.8 Å². The summed E-state index contributed by atoms with van der Waals surface area (Å²) in [5.41, 5.74) is 2.33. The van der Waals surface area contributed by atoms with E-state index in [1.807, 2.05) is 19.1 Å². The van der Waals surface area contributed by atoms with E-state index in [2.05, 4.69) is 5.32 Å². The van der Waals surface area contributed by atoms with Crippen LogP contribution in [-0.2, 0) is 22.9 Å². The third kappa shape index (κ3) is 1.87. The monoisotopic (exact) mass is 239 g/mol. The van der Waals surface area contributed by atoms with Crippen molar-refractivity contribution in [1.82, 2.24) is 5.32 Å². The maximum atomic E-state index is 12.1. The molecule has 0 spiro atoms. The van der Waals surface area contributed by atoms with Crippen LogP contribution in [0.2, 0.25) is 0 Å². The fourth-order valence-corrected chi connectivity index (χ4v) is 3.37. The van der Waals surface area contributed by atoms with Crippen LogP contribution < -0.4 is 5.32 Å². The molecule has 0 fully saturated rings. The van der Waals surface area contributed by atoms with Crippen LogP contribution in [0.1, 0.15) is 31.4 Å². The minimum atomic E-state index is -3.14. The number of hydrogen-bond donors (Lipinski definition) is 1. The van der Waals surface area contributed by atoms with Crippen molar-refractivity contribution in [3.05, 3.63) is 29.3 Å². The highest BCUT2D eigenvalue weighted by Gasteiger charge is 2.23. The Hall–Kier alpha value is -0.870. The molecule has 2 rings (SSSR count). The molecule has 1 atom stereocenters. The minimum absolute atomic E-state index is 0.306. The molecule has 0 amide bonds. The van der Waals surface area contributed by atoms with Crippen LogP contribution in [0, 0.1) is 0 Å². The van der Waals surface area contributed by atoms with Crippen molar-refractivity contribution < 1.29 is 8.42 Å². The molecule has 16 heavy (non-hydrogen) atoms. The van der Waals surface area contributed by atoms with Gasteiger partial charge in [0.25, 0.3) is 0 Å². The molecule has 0 radical (unpaired) electrons. The lowest BCUT2D eigenvalue weighted by atomic mass is 10.1. The highest BCUT2D eigenvalue weighted by molar-refractivity contribution is 7.92. The molecule has 1 aliphatic heterocycles. The normalized spacial score (nSPS) is 17.1. The lowest BCUT2D eigenvalue weighted by molar-refractivity contribution is 0.581. The van der Waals surface area contributed by atoms with Crippen LogP contribution >= 0.6 is 0 Å². The number of rotatable bonds is 3. The van der Waals surface area contributed by atoms with Gasteiger partial charge in [0, 0.05) is 13.1 Å². The molecule has 0 bridgehead atoms. The van der Waals surface area contributed by atoms with E-state index in [0.717, 1.165) is 18.7 Å². The molecule has 1 unspecified atom stereocenters. The van der Waals surface area contributed by atoms with Gasteiger partial charge in [0.2, 0.25) is 0 Å². The summed E-state index contributed by atoms with van der Waals surface area (Å²) in [6.07, 6.45) is 0.650. The summed E-state index contributed by atoms with van der Waals surface area (Å²) < 4.78 is 24.3. The molecule has 0 saturated heterocycles. The second-order valence-corrected chi connectivity index (χ2v) is 6.66. The van der Waals surface area contributed by atoms with Gasteiger partial charge in [-0.05, 0) is 36.6 Å². The predicted molar refractivity (Wildman–Crippen MR) is 63.9 cm³/mol. The molecule has 1 heterocycles. The lowest BCUT2D eigenvalue weighted by Crippen LogP contribution is -2.17. The van der Waals surface area contributed by atoms with Gasteiger partial charge >= 0.3 is 0 Å². The number of hydrogen-bond acceptors (Lipinski definition) is 3. The average Bonchev–Trinajstić information content (AvgIpc) is 2.74. The van der Waals surface area contributed by atoms with E-state index in [4.69, 9.17) is 0 Å². The Morgan fingerprint density at radius 3 is 2.69 bits per heavy atom. The number of sulfone groups is 1. The van der Waals surface area contributed by atoms with Gasteiger partial charge in [0.15, 0.2) is 9.84 Å². The topological polar surface area (TPSA) is 46.2 Å². The fourth-order valence-electron chi connectivity index (χ4n) is 1.90. The van der Waals surface area contributed by atoms with Crippen molar-refractivity contribution in [3.8, 4) is 0 Å². The molecule has 0 saturated carbocycles. The highest BCUT2D eigenvalue weighted by Crippen LogP contribution is 2.23. The van der Waals surface area contributed by atoms with Gasteiger partial charge in [-0.15, -0.1) is 0 Å². The maximum absolute atomic E-state index is 12.1. The van der Waals surface area contributed by atoms with Gasteiger partial charge in [0.1, 0.15) is 0 Å². The molecule has 1 N–H and O–H groups in total. The summed E-state index contributed by atoms with van der Waals surface area (Å²) in [6, 6.07) is 5.47. The lowest BCUT2D eigenvalue weighted by Gasteiger charge is -2.11. The predicted octanol–water partition coefficient (Wildman–Crippen LogP) is 1.86. The number of nitrogens with one attached hydrogen (secondary N) is 1. The molecule has 1 aromatic carbocycles. The number of benzene rings is 1. The van der Waals surface area contributed by atoms with Crippen molar-refractivity contribution >= 4 is 9.84 Å². The van der Waals surface area contributed by atoms with E-state index < -0.39 is 9.84 Å². The van der Waals surface area contributed by atoms with Crippen LogP contribution in [0.4, 0.5) is 0 Å². The standard InChI is InChI=1S/C12H17NO2S/c1-3-9(2)16(14,15)12-5-4-10-7-13-8-11(10)6-12/h4-6,9,13H,3,7-8H2,1-2H3. The molecule has 1 aromatic rings. The zero-order chi connectivity index (χ0) is 11.8. The molecule has 3 nitrogen and oxygen atoms in total. The van der Waals surface area contributed by atoms with Crippen LogP contribution in [0.15, 0.2) is 23.1 Å². The fraction of sp³-hybridized carbons (Fsp3) is 0.500. The first-order valence-electron chi connectivity index (χ1n) is 5.62. The first-order valence-corrected chi connectivity index (χ1v) is 7.16. The van der Waals surface area contributed by atoms with Crippen molar-refractivity contribution in [3.63, 3.8) is 0 Å². The summed E-state index contributed by atoms with van der Waals surface area (Å²) in [6.45, 7) is 5.29. The molecule has 0 aliphatic carbocycles. The van der Waals surface area contributed by atoms with Gasteiger partial charge < -0.3 is 5.32 Å². The van der Waals surface area contributed by atoms with E-state index in [0.29, 0.717) is 11.3 Å². The molecule has 4 heteroatoms. The van der Waals surface area contributed by atoms with Gasteiger partial charge in [-0.3, -0.25) is 0 Å². The van der Waals surface area contributed by atoms with E-state index in [9.17, 15) is 8.42 Å². The molecular weight excluding hydrogens is 222 g/mol. The Balaban J connectivity index is 2.42. The smallest absolute Gasteiger partial charge is 0.180 e. The Bertz CT molecular complexity index is 494. The first kappa shape index (κ1) is 11.6. The zero-order valence-corrected chi connectivity index (χ0v) is 10.5. The van der Waals surface area contributed by atoms with Gasteiger partial charge in [-0.25, -0.2) is 8.42 Å². The summed E-state index contributed by atoms with van der Waals surface area (Å²) >= 11 is 0. The average molecular weight is 239 g/mol. The number of fused-ring (bicyclic) bond motifs is 1. The third-order valence-electron chi connectivity index (χ3n) is 3.24. The van der Waals surface area contributed by atoms with Crippen molar-refractivity contribution in [2.24, 2.45) is 0 Å². The maximum Gasteiger partial charge on any atom is 0.180 e. The molecular formula is C12H17NO2S. The van der Waals surface area contributed by atoms with Gasteiger partial charge in [-0.1, -0.05) is 13.0 Å². The largest absolute Gasteiger partial charge is 0.309 e. The molecule has 0 aromatic heterocycles. The minimum Gasteiger partial charge on any atom is -0.309 e. The molecule has 1 aliphatic rings. The van der Waals surface area contributed by atoms with E-state index in [1.165, 1.54) is 5.56 Å². The van der Waals surface area contributed by atoms with E-state index in [-0.39, 0.29) is 5.25 Å². The first-order chi connectivity index (χ1) is 7.55. The van der Waals surface area contributed by atoms with E-state index in [1.54, 1.807) is 13.0 Å². The van der Waals surface area contributed by atoms with Gasteiger partial charge in [0.05, 0.1) is 10.1 Å². The zero-order valence-electron chi connectivity index (χ0n) is 9.66. The van der Waals surface area contributed by atoms with Gasteiger partial charge in [-0.2, -0.15) is 0 Å². The summed E-state index contributed by atoms with van der Waals surface area (Å²) in [4.78, 5) is 0.462. The highest BCUT2D eigenvalue weighted by atomic mass is 32.2. The van der Waals surface area contributed by atoms with Crippen LogP contribution in [-0.4, -0.2) is 13.7 Å². The van der Waals surface area contributed by atoms with Crippen LogP contribution in [0.3, 0.4) is 0 Å². The summed E-state index contributed by atoms with van der Waals surface area (Å²) in [7, 11) is -3.14. The summed E-state index contributed by atoms with van der Waals surface area (Å²) in [5.74, 6) is 0. The second kappa shape index (κ2) is 4.18. The quantitative estimate of drug-likeness (QED) is 0.875. The van der Waals surface area contributed by atoms with Crippen molar-refractivity contribution in [1.29, 1.82) is 0 Å². The van der Waals surface area contributed by atoms with Crippen LogP contribution in [0.25, 0.3) is 0 Å². The Morgan fingerprint density at radius 1 is 1.31 bits per heavy atom. The van der Waals surface area contributed by atoms with Crippen molar-refractivity contribution in [2.75, 3.05) is 0 Å². The second-order valence-electron chi connectivity index (χ2n) is 4.30.